The van der Waals surface area contributed by atoms with Crippen LogP contribution in [0.5, 0.6) is 0 Å². The van der Waals surface area contributed by atoms with Crippen molar-refractivity contribution < 1.29 is 9.53 Å². The molecule has 28 heavy (non-hydrogen) atoms. The number of carbonyl (C=O) groups excluding carboxylic acids is 1. The molecular formula is C21H35IN4O2. The van der Waals surface area contributed by atoms with Crippen LogP contribution in [0.25, 0.3) is 0 Å². The second-order valence-electron chi connectivity index (χ2n) is 6.78. The fraction of sp³-hybridized carbons (Fsp3) is 0.619. The van der Waals surface area contributed by atoms with Crippen LogP contribution >= 0.6 is 24.0 Å². The SMILES string of the molecule is CCCOCc1ccccc1CN=C(NCC)NCCCN1CCCC1=O.I. The van der Waals surface area contributed by atoms with E-state index in [0.29, 0.717) is 19.6 Å². The van der Waals surface area contributed by atoms with Crippen molar-refractivity contribution in [1.82, 2.24) is 15.5 Å². The minimum Gasteiger partial charge on any atom is -0.377 e. The number of halogens is 1. The number of benzene rings is 1. The van der Waals surface area contributed by atoms with E-state index in [9.17, 15) is 4.79 Å². The Labute approximate surface area is 186 Å². The Morgan fingerprint density at radius 2 is 2.00 bits per heavy atom. The summed E-state index contributed by atoms with van der Waals surface area (Å²) in [5.74, 6) is 1.10. The van der Waals surface area contributed by atoms with Gasteiger partial charge >= 0.3 is 0 Å². The topological polar surface area (TPSA) is 66.0 Å². The number of nitrogens with one attached hydrogen (secondary N) is 2. The number of amides is 1. The van der Waals surface area contributed by atoms with E-state index in [1.807, 2.05) is 17.0 Å². The van der Waals surface area contributed by atoms with Gasteiger partial charge in [0.2, 0.25) is 5.91 Å². The third-order valence-corrected chi connectivity index (χ3v) is 4.54. The molecular weight excluding hydrogens is 467 g/mol. The van der Waals surface area contributed by atoms with E-state index < -0.39 is 0 Å². The minimum atomic E-state index is 0. The molecule has 7 heteroatoms. The summed E-state index contributed by atoms with van der Waals surface area (Å²) in [6.07, 6.45) is 3.66. The zero-order valence-corrected chi connectivity index (χ0v) is 19.5. The maximum absolute atomic E-state index is 11.6. The molecule has 0 saturated carbocycles. The molecule has 0 aromatic heterocycles. The van der Waals surface area contributed by atoms with Gasteiger partial charge in [0, 0.05) is 39.2 Å². The molecule has 1 aliphatic rings. The quantitative estimate of drug-likeness (QED) is 0.211. The Morgan fingerprint density at radius 1 is 1.21 bits per heavy atom. The summed E-state index contributed by atoms with van der Waals surface area (Å²) in [7, 11) is 0. The highest BCUT2D eigenvalue weighted by Crippen LogP contribution is 2.12. The summed E-state index contributed by atoms with van der Waals surface area (Å²) in [4.78, 5) is 18.3. The Balaban J connectivity index is 0.00000392. The largest absolute Gasteiger partial charge is 0.377 e. The number of rotatable bonds is 11. The lowest BCUT2D eigenvalue weighted by atomic mass is 10.1. The number of likely N-dealkylation sites (tertiary alicyclic amines) is 1. The van der Waals surface area contributed by atoms with E-state index in [1.165, 1.54) is 11.1 Å². The predicted octanol–water partition coefficient (Wildman–Crippen LogP) is 3.30. The number of nitrogens with zero attached hydrogens (tertiary/aromatic N) is 2. The number of hydrogen-bond donors (Lipinski definition) is 2. The minimum absolute atomic E-state index is 0. The predicted molar refractivity (Wildman–Crippen MR) is 125 cm³/mol. The summed E-state index contributed by atoms with van der Waals surface area (Å²) in [6, 6.07) is 8.30. The molecule has 1 aromatic carbocycles. The van der Waals surface area contributed by atoms with Crippen LogP contribution in [0.15, 0.2) is 29.3 Å². The van der Waals surface area contributed by atoms with E-state index in [-0.39, 0.29) is 29.9 Å². The van der Waals surface area contributed by atoms with E-state index in [0.717, 1.165) is 58.0 Å². The van der Waals surface area contributed by atoms with Gasteiger partial charge in [-0.3, -0.25) is 4.79 Å². The molecule has 1 aliphatic heterocycles. The number of guanidine groups is 1. The van der Waals surface area contributed by atoms with Crippen LogP contribution in [0.1, 0.15) is 50.7 Å². The average molecular weight is 502 g/mol. The van der Waals surface area contributed by atoms with Gasteiger partial charge in [0.1, 0.15) is 0 Å². The summed E-state index contributed by atoms with van der Waals surface area (Å²) in [5.41, 5.74) is 2.38. The summed E-state index contributed by atoms with van der Waals surface area (Å²) in [6.45, 7) is 9.55. The molecule has 1 saturated heterocycles. The third kappa shape index (κ3) is 8.77. The lowest BCUT2D eigenvalue weighted by molar-refractivity contribution is -0.127. The standard InChI is InChI=1S/C21H34N4O2.HI/c1-3-15-27-17-19-10-6-5-9-18(19)16-24-21(22-4-2)23-12-8-14-25-13-7-11-20(25)26;/h5-6,9-10H,3-4,7-8,11-17H2,1-2H3,(H2,22,23,24);1H. The van der Waals surface area contributed by atoms with E-state index in [1.54, 1.807) is 0 Å². The summed E-state index contributed by atoms with van der Waals surface area (Å²) in [5, 5.41) is 6.66. The first-order chi connectivity index (χ1) is 13.2. The number of carbonyl (C=O) groups is 1. The van der Waals surface area contributed by atoms with Crippen molar-refractivity contribution >= 4 is 35.8 Å². The van der Waals surface area contributed by atoms with Crippen LogP contribution in [-0.2, 0) is 22.7 Å². The molecule has 0 radical (unpaired) electrons. The van der Waals surface area contributed by atoms with Gasteiger partial charge in [0.15, 0.2) is 5.96 Å². The maximum Gasteiger partial charge on any atom is 0.222 e. The lowest BCUT2D eigenvalue weighted by Crippen LogP contribution is -2.39. The molecule has 0 unspecified atom stereocenters. The zero-order chi connectivity index (χ0) is 19.3. The second-order valence-corrected chi connectivity index (χ2v) is 6.78. The molecule has 0 aliphatic carbocycles. The van der Waals surface area contributed by atoms with Gasteiger partial charge in [0.05, 0.1) is 13.2 Å². The molecule has 0 atom stereocenters. The van der Waals surface area contributed by atoms with E-state index in [4.69, 9.17) is 9.73 Å². The molecule has 0 spiro atoms. The number of aliphatic imine (C=N–C) groups is 1. The van der Waals surface area contributed by atoms with Crippen LogP contribution in [0.4, 0.5) is 0 Å². The Hall–Kier alpha value is -1.35. The molecule has 6 nitrogen and oxygen atoms in total. The molecule has 0 bridgehead atoms. The molecule has 158 valence electrons. The highest BCUT2D eigenvalue weighted by atomic mass is 127. The molecule has 2 rings (SSSR count). The first-order valence-corrected chi connectivity index (χ1v) is 10.2. The van der Waals surface area contributed by atoms with E-state index >= 15 is 0 Å². The van der Waals surface area contributed by atoms with Crippen molar-refractivity contribution in [2.24, 2.45) is 4.99 Å². The van der Waals surface area contributed by atoms with Crippen LogP contribution in [0.3, 0.4) is 0 Å². The van der Waals surface area contributed by atoms with Crippen molar-refractivity contribution in [2.45, 2.75) is 52.7 Å². The first kappa shape index (κ1) is 24.7. The average Bonchev–Trinajstić information content (AvgIpc) is 3.09. The van der Waals surface area contributed by atoms with Crippen LogP contribution in [0, 0.1) is 0 Å². The smallest absolute Gasteiger partial charge is 0.222 e. The van der Waals surface area contributed by atoms with Crippen molar-refractivity contribution in [3.63, 3.8) is 0 Å². The van der Waals surface area contributed by atoms with Gasteiger partial charge in [-0.2, -0.15) is 0 Å². The normalized spacial score (nSPS) is 14.1. The maximum atomic E-state index is 11.6. The number of hydrogen-bond acceptors (Lipinski definition) is 3. The monoisotopic (exact) mass is 502 g/mol. The third-order valence-electron chi connectivity index (χ3n) is 4.54. The highest BCUT2D eigenvalue weighted by molar-refractivity contribution is 14.0. The Kier molecular flexibility index (Phi) is 12.9. The van der Waals surface area contributed by atoms with Crippen LogP contribution < -0.4 is 10.6 Å². The fourth-order valence-corrected chi connectivity index (χ4v) is 3.10. The van der Waals surface area contributed by atoms with Gasteiger partial charge in [-0.05, 0) is 37.3 Å². The van der Waals surface area contributed by atoms with Gasteiger partial charge < -0.3 is 20.3 Å². The van der Waals surface area contributed by atoms with Gasteiger partial charge in [-0.1, -0.05) is 31.2 Å². The Bertz CT molecular complexity index is 610. The van der Waals surface area contributed by atoms with Crippen LogP contribution in [0.2, 0.25) is 0 Å². The van der Waals surface area contributed by atoms with Gasteiger partial charge in [-0.25, -0.2) is 4.99 Å². The zero-order valence-electron chi connectivity index (χ0n) is 17.2. The molecule has 1 fully saturated rings. The molecule has 2 N–H and O–H groups in total. The summed E-state index contributed by atoms with van der Waals surface area (Å²) >= 11 is 0. The van der Waals surface area contributed by atoms with Crippen LogP contribution in [-0.4, -0.2) is 49.6 Å². The van der Waals surface area contributed by atoms with Crippen molar-refractivity contribution in [3.8, 4) is 0 Å². The first-order valence-electron chi connectivity index (χ1n) is 10.2. The van der Waals surface area contributed by atoms with Crippen molar-refractivity contribution in [3.05, 3.63) is 35.4 Å². The Morgan fingerprint density at radius 3 is 2.68 bits per heavy atom. The number of ether oxygens (including phenoxy) is 1. The van der Waals surface area contributed by atoms with Gasteiger partial charge in [-0.15, -0.1) is 24.0 Å². The second kappa shape index (κ2) is 14.6. The summed E-state index contributed by atoms with van der Waals surface area (Å²) < 4.78 is 5.69. The fourth-order valence-electron chi connectivity index (χ4n) is 3.10. The molecule has 1 amide bonds. The molecule has 1 aromatic rings. The van der Waals surface area contributed by atoms with Crippen molar-refractivity contribution in [2.75, 3.05) is 32.8 Å². The van der Waals surface area contributed by atoms with Crippen molar-refractivity contribution in [1.29, 1.82) is 0 Å². The van der Waals surface area contributed by atoms with E-state index in [2.05, 4.69) is 36.6 Å². The highest BCUT2D eigenvalue weighted by Gasteiger charge is 2.18. The van der Waals surface area contributed by atoms with Gasteiger partial charge in [0.25, 0.3) is 0 Å². The molecule has 1 heterocycles. The lowest BCUT2D eigenvalue weighted by Gasteiger charge is -2.16.